The normalized spacial score (nSPS) is 24.1. The smallest absolute Gasteiger partial charge is 0.281 e. The lowest BCUT2D eigenvalue weighted by Crippen LogP contribution is -2.52. The molecule has 10 heteroatoms. The van der Waals surface area contributed by atoms with Crippen molar-refractivity contribution < 1.29 is 14.6 Å². The van der Waals surface area contributed by atoms with E-state index in [4.69, 9.17) is 9.72 Å². The fraction of sp³-hybridized carbons (Fsp3) is 0.522. The van der Waals surface area contributed by atoms with E-state index in [1.165, 1.54) is 0 Å². The van der Waals surface area contributed by atoms with Crippen LogP contribution in [-0.2, 0) is 6.54 Å². The van der Waals surface area contributed by atoms with Crippen molar-refractivity contribution in [1.82, 2.24) is 14.5 Å². The predicted octanol–water partition coefficient (Wildman–Crippen LogP) is 3.07. The molecule has 3 heterocycles. The average molecular weight is 517 g/mol. The number of hydrogen-bond acceptors (Lipinski definition) is 7. The molecule has 0 saturated heterocycles. The van der Waals surface area contributed by atoms with Crippen molar-refractivity contribution >= 4 is 39.6 Å². The van der Waals surface area contributed by atoms with Crippen LogP contribution in [0.3, 0.4) is 0 Å². The number of rotatable bonds is 6. The molecule has 5 rings (SSSR count). The third-order valence-corrected chi connectivity index (χ3v) is 7.31. The second-order valence-corrected chi connectivity index (χ2v) is 9.68. The molecule has 176 valence electrons. The highest BCUT2D eigenvalue weighted by Gasteiger charge is 2.44. The van der Waals surface area contributed by atoms with Gasteiger partial charge >= 0.3 is 0 Å². The zero-order valence-corrected chi connectivity index (χ0v) is 20.7. The summed E-state index contributed by atoms with van der Waals surface area (Å²) in [6.07, 6.45) is 2.18. The molecule has 1 amide bonds. The number of fused-ring (bicyclic) bond motifs is 3. The fourth-order valence-corrected chi connectivity index (χ4v) is 5.53. The molecule has 3 aliphatic rings. The molecule has 3 atom stereocenters. The van der Waals surface area contributed by atoms with Crippen molar-refractivity contribution in [2.75, 3.05) is 30.4 Å². The highest BCUT2D eigenvalue weighted by molar-refractivity contribution is 9.10. The summed E-state index contributed by atoms with van der Waals surface area (Å²) in [5.74, 6) is 2.56. The van der Waals surface area contributed by atoms with Crippen molar-refractivity contribution in [1.29, 1.82) is 0 Å². The number of methoxy groups -OCH3 is 1. The summed E-state index contributed by atoms with van der Waals surface area (Å²) in [7, 11) is 1.63. The van der Waals surface area contributed by atoms with E-state index >= 15 is 0 Å². The van der Waals surface area contributed by atoms with Crippen LogP contribution in [0.4, 0.5) is 11.8 Å². The Morgan fingerprint density at radius 1 is 1.33 bits per heavy atom. The summed E-state index contributed by atoms with van der Waals surface area (Å²) < 4.78 is 8.16. The van der Waals surface area contributed by atoms with E-state index in [0.29, 0.717) is 43.1 Å². The van der Waals surface area contributed by atoms with Gasteiger partial charge in [0.1, 0.15) is 5.75 Å². The minimum Gasteiger partial charge on any atom is -0.496 e. The lowest BCUT2D eigenvalue weighted by molar-refractivity contribution is 0.0836. The number of imidazole rings is 1. The lowest BCUT2D eigenvalue weighted by atomic mass is 10.2. The summed E-state index contributed by atoms with van der Waals surface area (Å²) in [4.78, 5) is 27.0. The van der Waals surface area contributed by atoms with Gasteiger partial charge in [-0.05, 0) is 66.7 Å². The monoisotopic (exact) mass is 516 g/mol. The number of aromatic nitrogens is 2. The molecule has 1 saturated carbocycles. The molecule has 1 unspecified atom stereocenters. The van der Waals surface area contributed by atoms with Gasteiger partial charge in [0, 0.05) is 6.54 Å². The number of guanidine groups is 1. The summed E-state index contributed by atoms with van der Waals surface area (Å²) in [6.45, 7) is 5.66. The minimum absolute atomic E-state index is 0.0864. The molecule has 0 radical (unpaired) electrons. The first-order chi connectivity index (χ1) is 15.9. The van der Waals surface area contributed by atoms with Gasteiger partial charge in [-0.3, -0.25) is 24.2 Å². The second kappa shape index (κ2) is 8.64. The molecule has 0 bridgehead atoms. The Kier molecular flexibility index (Phi) is 5.82. The van der Waals surface area contributed by atoms with Crippen molar-refractivity contribution in [3.63, 3.8) is 0 Å². The van der Waals surface area contributed by atoms with Crippen LogP contribution in [0.15, 0.2) is 27.7 Å². The van der Waals surface area contributed by atoms with Crippen molar-refractivity contribution in [3.8, 4) is 5.75 Å². The Hall–Kier alpha value is -2.59. The molecule has 2 aliphatic heterocycles. The van der Waals surface area contributed by atoms with E-state index in [2.05, 4.69) is 38.1 Å². The van der Waals surface area contributed by atoms with Gasteiger partial charge in [-0.15, -0.1) is 0 Å². The van der Waals surface area contributed by atoms with Gasteiger partial charge in [-0.2, -0.15) is 4.98 Å². The molecule has 1 aromatic heterocycles. The van der Waals surface area contributed by atoms with Crippen LogP contribution in [0, 0.1) is 0 Å². The first-order valence-electron chi connectivity index (χ1n) is 11.5. The molecule has 1 aliphatic carbocycles. The zero-order chi connectivity index (χ0) is 23.3. The van der Waals surface area contributed by atoms with Gasteiger partial charge in [0.05, 0.1) is 42.9 Å². The third kappa shape index (κ3) is 3.69. The number of aliphatic imine (C=N–C) groups is 1. The number of anilines is 2. The van der Waals surface area contributed by atoms with Gasteiger partial charge in [0.15, 0.2) is 11.5 Å². The molecule has 33 heavy (non-hydrogen) atoms. The molecular formula is C23H29BrN6O3. The fourth-order valence-electron chi connectivity index (χ4n) is 4.94. The minimum atomic E-state index is -0.423. The Labute approximate surface area is 201 Å². The number of halogens is 1. The number of ether oxygens (including phenoxy) is 1. The zero-order valence-electron chi connectivity index (χ0n) is 19.1. The second-order valence-electron chi connectivity index (χ2n) is 8.82. The lowest BCUT2D eigenvalue weighted by Gasteiger charge is -2.35. The molecule has 2 N–H and O–H groups in total. The van der Waals surface area contributed by atoms with Crippen LogP contribution < -0.4 is 15.0 Å². The van der Waals surface area contributed by atoms with Gasteiger partial charge in [-0.1, -0.05) is 6.07 Å². The number of nitrogens with zero attached hydrogens (tertiary/aromatic N) is 5. The topological polar surface area (TPSA) is 95.2 Å². The number of aliphatic hydroxyl groups excluding tert-OH is 1. The van der Waals surface area contributed by atoms with Crippen molar-refractivity contribution in [2.45, 2.75) is 57.8 Å². The van der Waals surface area contributed by atoms with Crippen LogP contribution in [-0.4, -0.2) is 69.8 Å². The Morgan fingerprint density at radius 2 is 2.15 bits per heavy atom. The predicted molar refractivity (Wildman–Crippen MR) is 130 cm³/mol. The number of amides is 1. The standard InChI is InChI=1S/C23H29BrN6O3/c1-4-28-21(32)19-20(30-13(2)11-25-23(28)30)27-22(26-16-6-5-7-17(16)31)29(19)12-14-8-9-18(33-3)15(24)10-14/h8-10,13,16-17,31H,4-7,11-12H2,1-3H3,(H,26,27)/t13?,16-,17-/m1/s1. The maximum atomic E-state index is 13.6. The largest absolute Gasteiger partial charge is 0.496 e. The average Bonchev–Trinajstić information content (AvgIpc) is 3.47. The first-order valence-corrected chi connectivity index (χ1v) is 12.2. The molecule has 1 aromatic carbocycles. The van der Waals surface area contributed by atoms with Gasteiger partial charge in [0.2, 0.25) is 11.9 Å². The van der Waals surface area contributed by atoms with Crippen molar-refractivity contribution in [3.05, 3.63) is 33.9 Å². The van der Waals surface area contributed by atoms with Gasteiger partial charge in [-0.25, -0.2) is 0 Å². The molecule has 2 aromatic rings. The number of hydrogen-bond donors (Lipinski definition) is 2. The summed E-state index contributed by atoms with van der Waals surface area (Å²) in [5.41, 5.74) is 1.55. The maximum Gasteiger partial charge on any atom is 0.281 e. The van der Waals surface area contributed by atoms with Crippen LogP contribution in [0.2, 0.25) is 0 Å². The van der Waals surface area contributed by atoms with E-state index < -0.39 is 6.10 Å². The number of carbonyl (C=O) groups is 1. The Morgan fingerprint density at radius 3 is 2.82 bits per heavy atom. The SMILES string of the molecule is CCN1C(=O)c2c(nc(N[C@@H]3CCC[C@H]3O)n2Cc2ccc(OC)c(Br)c2)N2C1=NCC2C. The molecule has 0 spiro atoms. The summed E-state index contributed by atoms with van der Waals surface area (Å²) in [6, 6.07) is 5.92. The molecular weight excluding hydrogens is 488 g/mol. The van der Waals surface area contributed by atoms with E-state index in [-0.39, 0.29) is 18.0 Å². The van der Waals surface area contributed by atoms with Gasteiger partial charge < -0.3 is 15.2 Å². The highest BCUT2D eigenvalue weighted by Crippen LogP contribution is 2.36. The maximum absolute atomic E-state index is 13.6. The van der Waals surface area contributed by atoms with Crippen LogP contribution in [0.1, 0.15) is 49.2 Å². The summed E-state index contributed by atoms with van der Waals surface area (Å²) >= 11 is 3.56. The number of nitrogens with one attached hydrogen (secondary N) is 1. The number of carbonyl (C=O) groups excluding carboxylic acids is 1. The van der Waals surface area contributed by atoms with E-state index in [1.54, 1.807) is 12.0 Å². The quantitative estimate of drug-likeness (QED) is 0.612. The van der Waals surface area contributed by atoms with Crippen LogP contribution >= 0.6 is 15.9 Å². The number of benzene rings is 1. The van der Waals surface area contributed by atoms with E-state index in [0.717, 1.165) is 35.0 Å². The Bertz CT molecular complexity index is 1120. The van der Waals surface area contributed by atoms with Crippen LogP contribution in [0.5, 0.6) is 5.75 Å². The molecule has 1 fully saturated rings. The van der Waals surface area contributed by atoms with Crippen LogP contribution in [0.25, 0.3) is 0 Å². The molecule has 9 nitrogen and oxygen atoms in total. The first kappa shape index (κ1) is 22.2. The number of aliphatic hydroxyl groups is 1. The highest BCUT2D eigenvalue weighted by atomic mass is 79.9. The third-order valence-electron chi connectivity index (χ3n) is 6.69. The van der Waals surface area contributed by atoms with E-state index in [1.807, 2.05) is 29.7 Å². The van der Waals surface area contributed by atoms with Crippen molar-refractivity contribution in [2.24, 2.45) is 4.99 Å². The van der Waals surface area contributed by atoms with E-state index in [9.17, 15) is 9.90 Å². The Balaban J connectivity index is 1.61. The van der Waals surface area contributed by atoms with Gasteiger partial charge in [0.25, 0.3) is 5.91 Å². The summed E-state index contributed by atoms with van der Waals surface area (Å²) in [5, 5.41) is 13.9.